The molecule has 106 valence electrons. The van der Waals surface area contributed by atoms with Crippen LogP contribution < -0.4 is 5.32 Å². The molecule has 1 aromatic carbocycles. The molecule has 1 aliphatic rings. The van der Waals surface area contributed by atoms with Crippen LogP contribution in [0.15, 0.2) is 41.6 Å². The van der Waals surface area contributed by atoms with Crippen LogP contribution in [-0.2, 0) is 6.54 Å². The first kappa shape index (κ1) is 13.6. The zero-order valence-corrected chi connectivity index (χ0v) is 12.2. The van der Waals surface area contributed by atoms with E-state index in [1.165, 1.54) is 0 Å². The van der Waals surface area contributed by atoms with Gasteiger partial charge in [0.2, 0.25) is 0 Å². The molecule has 0 saturated carbocycles. The maximum Gasteiger partial charge on any atom is 0.137 e. The van der Waals surface area contributed by atoms with Gasteiger partial charge in [0.25, 0.3) is 0 Å². The highest BCUT2D eigenvalue weighted by Crippen LogP contribution is 2.37. The molecule has 2 aromatic rings. The molecule has 1 aromatic heterocycles. The zero-order chi connectivity index (χ0) is 13.9. The number of fused-ring (bicyclic) bond motifs is 1. The first-order valence-electron chi connectivity index (χ1n) is 6.88. The summed E-state index contributed by atoms with van der Waals surface area (Å²) >= 11 is 1.62. The Morgan fingerprint density at radius 1 is 1.50 bits per heavy atom. The third-order valence-electron chi connectivity index (χ3n) is 3.53. The maximum atomic E-state index is 13.8. The summed E-state index contributed by atoms with van der Waals surface area (Å²) in [6.45, 7) is 2.96. The zero-order valence-electron chi connectivity index (χ0n) is 11.4. The van der Waals surface area contributed by atoms with Gasteiger partial charge in [-0.05, 0) is 36.8 Å². The second-order valence-corrected chi connectivity index (χ2v) is 6.25. The average molecular weight is 291 g/mol. The van der Waals surface area contributed by atoms with Gasteiger partial charge in [-0.3, -0.25) is 4.68 Å². The van der Waals surface area contributed by atoms with E-state index in [0.717, 1.165) is 29.2 Å². The Kier molecular flexibility index (Phi) is 4.08. The number of hydrogen-bond acceptors (Lipinski definition) is 3. The highest BCUT2D eigenvalue weighted by atomic mass is 32.2. The molecule has 3 rings (SSSR count). The van der Waals surface area contributed by atoms with Crippen molar-refractivity contribution >= 4 is 11.8 Å². The summed E-state index contributed by atoms with van der Waals surface area (Å²) in [6, 6.07) is 7.82. The number of nitrogens with one attached hydrogen (secondary N) is 1. The molecular weight excluding hydrogens is 273 g/mol. The topological polar surface area (TPSA) is 29.9 Å². The normalized spacial score (nSPS) is 19.6. The SMILES string of the molecule is CC(Cn1cccn1)NC1CCSc2c(F)cccc21. The molecule has 0 amide bonds. The van der Waals surface area contributed by atoms with Gasteiger partial charge in [0, 0.05) is 29.4 Å². The van der Waals surface area contributed by atoms with E-state index < -0.39 is 0 Å². The monoisotopic (exact) mass is 291 g/mol. The van der Waals surface area contributed by atoms with Gasteiger partial charge < -0.3 is 5.32 Å². The lowest BCUT2D eigenvalue weighted by Gasteiger charge is -2.29. The molecule has 5 heteroatoms. The summed E-state index contributed by atoms with van der Waals surface area (Å²) in [5, 5.41) is 7.82. The number of thioether (sulfide) groups is 1. The lowest BCUT2D eigenvalue weighted by atomic mass is 10.0. The van der Waals surface area contributed by atoms with E-state index in [2.05, 4.69) is 17.3 Å². The largest absolute Gasteiger partial charge is 0.306 e. The molecule has 0 aliphatic carbocycles. The minimum atomic E-state index is -0.0984. The van der Waals surface area contributed by atoms with E-state index in [9.17, 15) is 4.39 Å². The van der Waals surface area contributed by atoms with Crippen LogP contribution in [0.3, 0.4) is 0 Å². The van der Waals surface area contributed by atoms with E-state index in [1.807, 2.05) is 23.0 Å². The lowest BCUT2D eigenvalue weighted by molar-refractivity contribution is 0.387. The van der Waals surface area contributed by atoms with Crippen molar-refractivity contribution in [2.75, 3.05) is 5.75 Å². The minimum Gasteiger partial charge on any atom is -0.306 e. The van der Waals surface area contributed by atoms with Crippen LogP contribution in [0.4, 0.5) is 4.39 Å². The molecule has 2 atom stereocenters. The maximum absolute atomic E-state index is 13.8. The van der Waals surface area contributed by atoms with Gasteiger partial charge in [-0.15, -0.1) is 11.8 Å². The summed E-state index contributed by atoms with van der Waals surface area (Å²) in [6.07, 6.45) is 4.78. The number of benzene rings is 1. The average Bonchev–Trinajstić information content (AvgIpc) is 2.93. The van der Waals surface area contributed by atoms with Crippen molar-refractivity contribution in [3.8, 4) is 0 Å². The van der Waals surface area contributed by atoms with E-state index in [-0.39, 0.29) is 11.9 Å². The molecule has 0 saturated heterocycles. The molecular formula is C15H18FN3S. The van der Waals surface area contributed by atoms with Crippen LogP contribution in [0.5, 0.6) is 0 Å². The standard InChI is InChI=1S/C15H18FN3S/c1-11(10-19-8-3-7-17-19)18-14-6-9-20-15-12(14)4-2-5-13(15)16/h2-5,7-8,11,14,18H,6,9-10H2,1H3. The van der Waals surface area contributed by atoms with Crippen molar-refractivity contribution in [3.63, 3.8) is 0 Å². The molecule has 2 unspecified atom stereocenters. The Morgan fingerprint density at radius 2 is 2.40 bits per heavy atom. The van der Waals surface area contributed by atoms with Crippen molar-refractivity contribution in [2.24, 2.45) is 0 Å². The smallest absolute Gasteiger partial charge is 0.137 e. The predicted molar refractivity (Wildman–Crippen MR) is 79.3 cm³/mol. The quantitative estimate of drug-likeness (QED) is 0.938. The fourth-order valence-corrected chi connectivity index (χ4v) is 3.79. The fourth-order valence-electron chi connectivity index (χ4n) is 2.64. The highest BCUT2D eigenvalue weighted by Gasteiger charge is 2.24. The second-order valence-electron chi connectivity index (χ2n) is 5.14. The second kappa shape index (κ2) is 5.97. The van der Waals surface area contributed by atoms with E-state index in [4.69, 9.17) is 0 Å². The minimum absolute atomic E-state index is 0.0984. The van der Waals surface area contributed by atoms with Gasteiger partial charge in [0.1, 0.15) is 5.82 Å². The van der Waals surface area contributed by atoms with Gasteiger partial charge in [-0.2, -0.15) is 5.10 Å². The Morgan fingerprint density at radius 3 is 3.20 bits per heavy atom. The first-order valence-corrected chi connectivity index (χ1v) is 7.87. The Balaban J connectivity index is 1.71. The van der Waals surface area contributed by atoms with E-state index in [1.54, 1.807) is 30.1 Å². The molecule has 0 spiro atoms. The summed E-state index contributed by atoms with van der Waals surface area (Å²) < 4.78 is 15.7. The Bertz CT molecular complexity index is 571. The summed E-state index contributed by atoms with van der Waals surface area (Å²) in [5.41, 5.74) is 1.09. The van der Waals surface area contributed by atoms with Crippen LogP contribution in [0.2, 0.25) is 0 Å². The molecule has 0 bridgehead atoms. The van der Waals surface area contributed by atoms with Crippen molar-refractivity contribution < 1.29 is 4.39 Å². The fraction of sp³-hybridized carbons (Fsp3) is 0.400. The van der Waals surface area contributed by atoms with Crippen LogP contribution in [0.1, 0.15) is 24.9 Å². The highest BCUT2D eigenvalue weighted by molar-refractivity contribution is 7.99. The van der Waals surface area contributed by atoms with Crippen molar-refractivity contribution in [3.05, 3.63) is 48.0 Å². The summed E-state index contributed by atoms with van der Waals surface area (Å²) in [5.74, 6) is 0.860. The third-order valence-corrected chi connectivity index (χ3v) is 4.69. The molecule has 0 radical (unpaired) electrons. The van der Waals surface area contributed by atoms with Gasteiger partial charge in [-0.25, -0.2) is 4.39 Å². The van der Waals surface area contributed by atoms with Gasteiger partial charge in [-0.1, -0.05) is 12.1 Å². The molecule has 20 heavy (non-hydrogen) atoms. The van der Waals surface area contributed by atoms with Crippen LogP contribution in [0.25, 0.3) is 0 Å². The summed E-state index contributed by atoms with van der Waals surface area (Å²) in [7, 11) is 0. The van der Waals surface area contributed by atoms with Crippen molar-refractivity contribution in [2.45, 2.75) is 36.9 Å². The lowest BCUT2D eigenvalue weighted by Crippen LogP contribution is -2.35. The van der Waals surface area contributed by atoms with E-state index in [0.29, 0.717) is 6.04 Å². The van der Waals surface area contributed by atoms with Crippen LogP contribution >= 0.6 is 11.8 Å². The molecule has 0 fully saturated rings. The number of hydrogen-bond donors (Lipinski definition) is 1. The first-order chi connectivity index (χ1) is 9.74. The molecule has 2 heterocycles. The predicted octanol–water partition coefficient (Wildman–Crippen LogP) is 3.24. The molecule has 1 N–H and O–H groups in total. The van der Waals surface area contributed by atoms with Gasteiger partial charge >= 0.3 is 0 Å². The molecule has 3 nitrogen and oxygen atoms in total. The van der Waals surface area contributed by atoms with Crippen molar-refractivity contribution in [1.82, 2.24) is 15.1 Å². The van der Waals surface area contributed by atoms with Crippen LogP contribution in [-0.4, -0.2) is 21.6 Å². The number of aromatic nitrogens is 2. The van der Waals surface area contributed by atoms with E-state index >= 15 is 0 Å². The Labute approximate surface area is 122 Å². The summed E-state index contributed by atoms with van der Waals surface area (Å²) in [4.78, 5) is 0.808. The number of nitrogens with zero attached hydrogens (tertiary/aromatic N) is 2. The number of halogens is 1. The van der Waals surface area contributed by atoms with Gasteiger partial charge in [0.05, 0.1) is 6.54 Å². The third kappa shape index (κ3) is 2.88. The van der Waals surface area contributed by atoms with Gasteiger partial charge in [0.15, 0.2) is 0 Å². The Hall–Kier alpha value is -1.33. The van der Waals surface area contributed by atoms with Crippen LogP contribution in [0, 0.1) is 5.82 Å². The van der Waals surface area contributed by atoms with Crippen molar-refractivity contribution in [1.29, 1.82) is 0 Å². The molecule has 1 aliphatic heterocycles. The number of rotatable bonds is 4.